The predicted molar refractivity (Wildman–Crippen MR) is 97.1 cm³/mol. The lowest BCUT2D eigenvalue weighted by molar-refractivity contribution is -0.140. The summed E-state index contributed by atoms with van der Waals surface area (Å²) < 4.78 is 0.720. The van der Waals surface area contributed by atoms with Crippen LogP contribution in [0.15, 0.2) is 53.0 Å². The van der Waals surface area contributed by atoms with Gasteiger partial charge in [-0.3, -0.25) is 14.4 Å². The Kier molecular flexibility index (Phi) is 4.99. The van der Waals surface area contributed by atoms with Gasteiger partial charge in [0.05, 0.1) is 0 Å². The number of piperazine rings is 1. The molecule has 128 valence electrons. The van der Waals surface area contributed by atoms with Gasteiger partial charge in [0, 0.05) is 23.1 Å². The highest BCUT2D eigenvalue weighted by atomic mass is 79.9. The summed E-state index contributed by atoms with van der Waals surface area (Å²) in [6.07, 6.45) is 0. The van der Waals surface area contributed by atoms with E-state index in [9.17, 15) is 14.4 Å². The summed E-state index contributed by atoms with van der Waals surface area (Å²) in [5, 5.41) is 2.76. The molecule has 2 amide bonds. The average Bonchev–Trinajstić information content (AvgIpc) is 2.62. The van der Waals surface area contributed by atoms with Gasteiger partial charge in [-0.1, -0.05) is 64.0 Å². The summed E-state index contributed by atoms with van der Waals surface area (Å²) in [6.45, 7) is 2.52. The number of halogens is 1. The van der Waals surface area contributed by atoms with Crippen LogP contribution in [0.3, 0.4) is 0 Å². The summed E-state index contributed by atoms with van der Waals surface area (Å²) in [5.74, 6) is -1.56. The monoisotopic (exact) mass is 400 g/mol. The molecule has 1 N–H and O–H groups in total. The van der Waals surface area contributed by atoms with Crippen molar-refractivity contribution in [2.24, 2.45) is 0 Å². The minimum atomic E-state index is -0.828. The van der Waals surface area contributed by atoms with Gasteiger partial charge in [0.1, 0.15) is 6.04 Å². The quantitative estimate of drug-likeness (QED) is 0.635. The van der Waals surface area contributed by atoms with Crippen LogP contribution in [-0.4, -0.2) is 35.6 Å². The van der Waals surface area contributed by atoms with Crippen molar-refractivity contribution in [1.29, 1.82) is 0 Å². The van der Waals surface area contributed by atoms with Crippen LogP contribution in [0, 0.1) is 6.92 Å². The molecule has 1 aliphatic rings. The van der Waals surface area contributed by atoms with Crippen molar-refractivity contribution >= 4 is 33.5 Å². The van der Waals surface area contributed by atoms with E-state index in [0.717, 1.165) is 10.0 Å². The number of aryl methyl sites for hydroxylation is 1. The van der Waals surface area contributed by atoms with Crippen LogP contribution >= 0.6 is 15.9 Å². The maximum absolute atomic E-state index is 12.8. The van der Waals surface area contributed by atoms with Gasteiger partial charge in [-0.15, -0.1) is 0 Å². The van der Waals surface area contributed by atoms with E-state index in [-0.39, 0.29) is 12.5 Å². The Balaban J connectivity index is 1.94. The molecule has 3 rings (SSSR count). The number of ketones is 1. The largest absolute Gasteiger partial charge is 0.352 e. The first kappa shape index (κ1) is 17.4. The normalized spacial score (nSPS) is 17.1. The first-order chi connectivity index (χ1) is 12.0. The van der Waals surface area contributed by atoms with Gasteiger partial charge in [0.15, 0.2) is 0 Å². The van der Waals surface area contributed by atoms with Crippen molar-refractivity contribution in [2.75, 3.05) is 13.1 Å². The third kappa shape index (κ3) is 3.49. The standard InChI is InChI=1S/C19H17BrN2O3/c1-12-6-8-13(9-7-12)17(23)19(25)22-11-10-21-18(24)16(22)14-4-2-3-5-15(14)20/h2-9,16H,10-11H2,1H3,(H,21,24). The Bertz CT molecular complexity index is 833. The van der Waals surface area contributed by atoms with Gasteiger partial charge in [-0.05, 0) is 18.6 Å². The molecule has 1 heterocycles. The predicted octanol–water partition coefficient (Wildman–Crippen LogP) is 2.64. The highest BCUT2D eigenvalue weighted by Gasteiger charge is 2.38. The number of rotatable bonds is 3. The second-order valence-electron chi connectivity index (χ2n) is 5.91. The minimum Gasteiger partial charge on any atom is -0.352 e. The van der Waals surface area contributed by atoms with Crippen LogP contribution in [0.5, 0.6) is 0 Å². The van der Waals surface area contributed by atoms with Crippen molar-refractivity contribution in [1.82, 2.24) is 10.2 Å². The van der Waals surface area contributed by atoms with E-state index in [4.69, 9.17) is 0 Å². The first-order valence-electron chi connectivity index (χ1n) is 7.93. The van der Waals surface area contributed by atoms with E-state index in [2.05, 4.69) is 21.2 Å². The Morgan fingerprint density at radius 3 is 2.48 bits per heavy atom. The van der Waals surface area contributed by atoms with Gasteiger partial charge in [-0.25, -0.2) is 0 Å². The number of Topliss-reactive ketones (excluding diaryl/α,β-unsaturated/α-hetero) is 1. The van der Waals surface area contributed by atoms with Crippen LogP contribution in [0.2, 0.25) is 0 Å². The third-order valence-corrected chi connectivity index (χ3v) is 4.90. The molecule has 2 aromatic rings. The van der Waals surface area contributed by atoms with E-state index in [1.165, 1.54) is 4.90 Å². The zero-order valence-electron chi connectivity index (χ0n) is 13.7. The highest BCUT2D eigenvalue weighted by molar-refractivity contribution is 9.10. The zero-order chi connectivity index (χ0) is 18.0. The molecule has 1 atom stereocenters. The summed E-state index contributed by atoms with van der Waals surface area (Å²) in [4.78, 5) is 39.2. The van der Waals surface area contributed by atoms with Crippen molar-refractivity contribution in [2.45, 2.75) is 13.0 Å². The number of carbonyl (C=O) groups is 3. The number of nitrogens with zero attached hydrogens (tertiary/aromatic N) is 1. The second-order valence-corrected chi connectivity index (χ2v) is 6.76. The number of nitrogens with one attached hydrogen (secondary N) is 1. The summed E-state index contributed by atoms with van der Waals surface area (Å²) in [6, 6.07) is 13.2. The maximum atomic E-state index is 12.8. The fourth-order valence-corrected chi connectivity index (χ4v) is 3.35. The summed E-state index contributed by atoms with van der Waals surface area (Å²) in [7, 11) is 0. The molecule has 1 unspecified atom stereocenters. The van der Waals surface area contributed by atoms with Gasteiger partial charge in [-0.2, -0.15) is 0 Å². The molecule has 0 aromatic heterocycles. The van der Waals surface area contributed by atoms with Gasteiger partial charge < -0.3 is 10.2 Å². The number of carbonyl (C=O) groups excluding carboxylic acids is 3. The van der Waals surface area contributed by atoms with Crippen molar-refractivity contribution in [3.8, 4) is 0 Å². The number of benzene rings is 2. The Hall–Kier alpha value is -2.47. The Labute approximate surface area is 154 Å². The third-order valence-electron chi connectivity index (χ3n) is 4.18. The smallest absolute Gasteiger partial charge is 0.295 e. The van der Waals surface area contributed by atoms with Crippen LogP contribution in [0.4, 0.5) is 0 Å². The van der Waals surface area contributed by atoms with Crippen LogP contribution < -0.4 is 5.32 Å². The van der Waals surface area contributed by atoms with Crippen molar-refractivity contribution < 1.29 is 14.4 Å². The van der Waals surface area contributed by atoms with Crippen LogP contribution in [0.25, 0.3) is 0 Å². The van der Waals surface area contributed by atoms with E-state index in [1.54, 1.807) is 36.4 Å². The molecule has 2 aromatic carbocycles. The summed E-state index contributed by atoms with van der Waals surface area (Å²) >= 11 is 3.42. The molecular formula is C19H17BrN2O3. The highest BCUT2D eigenvalue weighted by Crippen LogP contribution is 2.30. The topological polar surface area (TPSA) is 66.5 Å². The van der Waals surface area contributed by atoms with E-state index < -0.39 is 17.7 Å². The van der Waals surface area contributed by atoms with Crippen LogP contribution in [-0.2, 0) is 9.59 Å². The maximum Gasteiger partial charge on any atom is 0.295 e. The van der Waals surface area contributed by atoms with E-state index >= 15 is 0 Å². The molecule has 0 aliphatic carbocycles. The zero-order valence-corrected chi connectivity index (χ0v) is 15.2. The average molecular weight is 401 g/mol. The molecule has 1 fully saturated rings. The van der Waals surface area contributed by atoms with Gasteiger partial charge in [0.25, 0.3) is 5.91 Å². The number of hydrogen-bond acceptors (Lipinski definition) is 3. The molecule has 0 saturated carbocycles. The molecular weight excluding hydrogens is 384 g/mol. The van der Waals surface area contributed by atoms with E-state index in [1.807, 2.05) is 19.1 Å². The molecule has 0 bridgehead atoms. The lowest BCUT2D eigenvalue weighted by Gasteiger charge is -2.35. The fourth-order valence-electron chi connectivity index (χ4n) is 2.85. The minimum absolute atomic E-state index is 0.286. The molecule has 25 heavy (non-hydrogen) atoms. The molecule has 1 saturated heterocycles. The fraction of sp³-hybridized carbons (Fsp3) is 0.211. The number of hydrogen-bond donors (Lipinski definition) is 1. The Morgan fingerprint density at radius 1 is 1.12 bits per heavy atom. The molecule has 6 heteroatoms. The Morgan fingerprint density at radius 2 is 1.80 bits per heavy atom. The molecule has 0 radical (unpaired) electrons. The first-order valence-corrected chi connectivity index (χ1v) is 8.72. The van der Waals surface area contributed by atoms with Gasteiger partial charge >= 0.3 is 0 Å². The lowest BCUT2D eigenvalue weighted by Crippen LogP contribution is -2.53. The SMILES string of the molecule is Cc1ccc(C(=O)C(=O)N2CCNC(=O)C2c2ccccc2Br)cc1. The van der Waals surface area contributed by atoms with Crippen molar-refractivity contribution in [3.05, 3.63) is 69.7 Å². The lowest BCUT2D eigenvalue weighted by atomic mass is 10.0. The molecule has 1 aliphatic heterocycles. The van der Waals surface area contributed by atoms with Gasteiger partial charge in [0.2, 0.25) is 11.7 Å². The molecule has 0 spiro atoms. The second kappa shape index (κ2) is 7.19. The number of amides is 2. The van der Waals surface area contributed by atoms with Crippen LogP contribution in [0.1, 0.15) is 27.5 Å². The molecule has 5 nitrogen and oxygen atoms in total. The van der Waals surface area contributed by atoms with E-state index in [0.29, 0.717) is 17.7 Å². The summed E-state index contributed by atoms with van der Waals surface area (Å²) in [5.41, 5.74) is 1.99. The van der Waals surface area contributed by atoms with Crippen molar-refractivity contribution in [3.63, 3.8) is 0 Å².